The monoisotopic (exact) mass is 238 g/mol. The topological polar surface area (TPSA) is 3.24 Å². The second kappa shape index (κ2) is 11.8. The molecule has 0 atom stereocenters. The van der Waals surface area contributed by atoms with Crippen molar-refractivity contribution < 1.29 is 29.6 Å². The first-order valence-electron chi connectivity index (χ1n) is 4.39. The van der Waals surface area contributed by atoms with E-state index in [2.05, 4.69) is 25.0 Å². The quantitative estimate of drug-likeness (QED) is 0.367. The standard InChI is InChI=1S/C10H17NS2.Na/c1-4-7-11(8-5-2)10(12)13-9-6-3;/h4-5H,1-2,6-9H2,3H3;/q;+1. The van der Waals surface area contributed by atoms with Crippen LogP contribution in [0.1, 0.15) is 13.3 Å². The fourth-order valence-electron chi connectivity index (χ4n) is 0.816. The molecule has 0 aliphatic rings. The van der Waals surface area contributed by atoms with Crippen LogP contribution in [-0.4, -0.2) is 28.1 Å². The number of rotatable bonds is 6. The molecule has 0 aromatic carbocycles. The molecule has 1 nitrogen and oxygen atoms in total. The van der Waals surface area contributed by atoms with Crippen LogP contribution in [0.5, 0.6) is 0 Å². The van der Waals surface area contributed by atoms with Gasteiger partial charge < -0.3 is 4.90 Å². The van der Waals surface area contributed by atoms with Crippen molar-refractivity contribution in [1.29, 1.82) is 0 Å². The molecule has 0 radical (unpaired) electrons. The molecule has 0 saturated carbocycles. The Kier molecular flexibility index (Phi) is 14.4. The van der Waals surface area contributed by atoms with Crippen LogP contribution in [0.3, 0.4) is 0 Å². The Morgan fingerprint density at radius 1 is 1.36 bits per heavy atom. The Morgan fingerprint density at radius 3 is 2.21 bits per heavy atom. The van der Waals surface area contributed by atoms with Crippen molar-refractivity contribution in [3.8, 4) is 0 Å². The molecule has 0 bridgehead atoms. The predicted octanol–water partition coefficient (Wildman–Crippen LogP) is 0.0925. The molecule has 0 unspecified atom stereocenters. The number of thioether (sulfide) groups is 1. The van der Waals surface area contributed by atoms with Gasteiger partial charge in [0.15, 0.2) is 0 Å². The first-order chi connectivity index (χ1) is 6.26. The summed E-state index contributed by atoms with van der Waals surface area (Å²) < 4.78 is 0.946. The van der Waals surface area contributed by atoms with Gasteiger partial charge in [0.25, 0.3) is 0 Å². The van der Waals surface area contributed by atoms with Crippen molar-refractivity contribution in [2.75, 3.05) is 18.8 Å². The summed E-state index contributed by atoms with van der Waals surface area (Å²) in [6.07, 6.45) is 4.88. The zero-order chi connectivity index (χ0) is 10.1. The van der Waals surface area contributed by atoms with E-state index >= 15 is 0 Å². The van der Waals surface area contributed by atoms with Gasteiger partial charge in [0, 0.05) is 13.1 Å². The van der Waals surface area contributed by atoms with Gasteiger partial charge in [-0.15, -0.1) is 13.2 Å². The molecule has 0 fully saturated rings. The van der Waals surface area contributed by atoms with Gasteiger partial charge in [-0.05, 0) is 12.2 Å². The zero-order valence-corrected chi connectivity index (χ0v) is 12.8. The molecule has 0 aliphatic heterocycles. The number of hydrogen-bond acceptors (Lipinski definition) is 2. The van der Waals surface area contributed by atoms with Gasteiger partial charge in [0.1, 0.15) is 4.32 Å². The van der Waals surface area contributed by atoms with Crippen molar-refractivity contribution in [3.05, 3.63) is 25.3 Å². The normalized spacial score (nSPS) is 8.64. The SMILES string of the molecule is C=CCN(CC=C)C(=S)SCCC.[Na+]. The van der Waals surface area contributed by atoms with E-state index in [0.29, 0.717) is 0 Å². The number of nitrogens with zero attached hydrogens (tertiary/aromatic N) is 1. The van der Waals surface area contributed by atoms with Crippen LogP contribution in [0.25, 0.3) is 0 Å². The van der Waals surface area contributed by atoms with Crippen molar-refractivity contribution in [2.24, 2.45) is 0 Å². The maximum atomic E-state index is 5.27. The molecule has 0 aromatic heterocycles. The van der Waals surface area contributed by atoms with Gasteiger partial charge in [0.2, 0.25) is 0 Å². The first kappa shape index (κ1) is 17.1. The van der Waals surface area contributed by atoms with Crippen molar-refractivity contribution in [2.45, 2.75) is 13.3 Å². The minimum Gasteiger partial charge on any atom is -0.350 e. The van der Waals surface area contributed by atoms with Gasteiger partial charge in [-0.2, -0.15) is 0 Å². The van der Waals surface area contributed by atoms with Gasteiger partial charge in [0.05, 0.1) is 0 Å². The minimum absolute atomic E-state index is 0. The minimum atomic E-state index is 0. The third-order valence-corrected chi connectivity index (χ3v) is 3.12. The van der Waals surface area contributed by atoms with E-state index in [0.717, 1.165) is 29.6 Å². The van der Waals surface area contributed by atoms with E-state index in [4.69, 9.17) is 12.2 Å². The second-order valence-corrected chi connectivity index (χ2v) is 4.33. The molecule has 0 spiro atoms. The van der Waals surface area contributed by atoms with E-state index in [1.54, 1.807) is 11.8 Å². The fraction of sp³-hybridized carbons (Fsp3) is 0.500. The molecule has 0 amide bonds. The van der Waals surface area contributed by atoms with E-state index in [9.17, 15) is 0 Å². The Bertz CT molecular complexity index is 173. The second-order valence-electron chi connectivity index (χ2n) is 2.60. The Labute approximate surface area is 119 Å². The summed E-state index contributed by atoms with van der Waals surface area (Å²) in [6, 6.07) is 0. The van der Waals surface area contributed by atoms with E-state index in [1.807, 2.05) is 12.2 Å². The molecule has 0 rings (SSSR count). The van der Waals surface area contributed by atoms with Gasteiger partial charge in [-0.3, -0.25) is 0 Å². The summed E-state index contributed by atoms with van der Waals surface area (Å²) >= 11 is 6.99. The van der Waals surface area contributed by atoms with E-state index in [-0.39, 0.29) is 29.6 Å². The van der Waals surface area contributed by atoms with Crippen LogP contribution in [-0.2, 0) is 0 Å². The number of thiocarbonyl (C=S) groups is 1. The molecule has 0 aromatic rings. The molecule has 0 aliphatic carbocycles. The smallest absolute Gasteiger partial charge is 0.350 e. The summed E-state index contributed by atoms with van der Waals surface area (Å²) in [5.41, 5.74) is 0. The maximum Gasteiger partial charge on any atom is 1.00 e. The van der Waals surface area contributed by atoms with Crippen LogP contribution in [0.4, 0.5) is 0 Å². The summed E-state index contributed by atoms with van der Waals surface area (Å²) in [5.74, 6) is 1.09. The molecular formula is C10H17NNaS2+. The fourth-order valence-corrected chi connectivity index (χ4v) is 1.93. The van der Waals surface area contributed by atoms with Crippen LogP contribution < -0.4 is 29.6 Å². The molecule has 14 heavy (non-hydrogen) atoms. The van der Waals surface area contributed by atoms with Gasteiger partial charge in [-0.25, -0.2) is 0 Å². The van der Waals surface area contributed by atoms with Gasteiger partial charge in [-0.1, -0.05) is 43.1 Å². The Balaban J connectivity index is 0. The summed E-state index contributed by atoms with van der Waals surface area (Å²) in [5, 5.41) is 0. The summed E-state index contributed by atoms with van der Waals surface area (Å²) in [4.78, 5) is 2.09. The largest absolute Gasteiger partial charge is 1.00 e. The molecular weight excluding hydrogens is 221 g/mol. The maximum absolute atomic E-state index is 5.27. The average Bonchev–Trinajstić information content (AvgIpc) is 2.14. The molecule has 0 N–H and O–H groups in total. The van der Waals surface area contributed by atoms with Crippen LogP contribution >= 0.6 is 24.0 Å². The van der Waals surface area contributed by atoms with Crippen LogP contribution in [0.2, 0.25) is 0 Å². The zero-order valence-electron chi connectivity index (χ0n) is 9.16. The van der Waals surface area contributed by atoms with E-state index < -0.39 is 0 Å². The first-order valence-corrected chi connectivity index (χ1v) is 5.79. The molecule has 0 heterocycles. The van der Waals surface area contributed by atoms with Crippen molar-refractivity contribution >= 4 is 28.3 Å². The van der Waals surface area contributed by atoms with Crippen molar-refractivity contribution in [1.82, 2.24) is 4.90 Å². The summed E-state index contributed by atoms with van der Waals surface area (Å²) in [7, 11) is 0. The third kappa shape index (κ3) is 8.06. The van der Waals surface area contributed by atoms with Crippen LogP contribution in [0.15, 0.2) is 25.3 Å². The Morgan fingerprint density at radius 2 is 1.86 bits per heavy atom. The molecule has 0 saturated heterocycles. The van der Waals surface area contributed by atoms with Crippen LogP contribution in [0, 0.1) is 0 Å². The average molecular weight is 238 g/mol. The third-order valence-electron chi connectivity index (χ3n) is 1.39. The summed E-state index contributed by atoms with van der Waals surface area (Å²) in [6.45, 7) is 11.2. The van der Waals surface area contributed by atoms with E-state index in [1.165, 1.54) is 0 Å². The predicted molar refractivity (Wildman–Crippen MR) is 67.3 cm³/mol. The van der Waals surface area contributed by atoms with Crippen molar-refractivity contribution in [3.63, 3.8) is 0 Å². The molecule has 74 valence electrons. The van der Waals surface area contributed by atoms with Gasteiger partial charge >= 0.3 is 29.6 Å². The number of hydrogen-bond donors (Lipinski definition) is 0. The molecule has 4 heteroatoms. The Hall–Kier alpha value is 0.720.